The molecule has 0 aliphatic carbocycles. The van der Waals surface area contributed by atoms with Crippen LogP contribution in [0.3, 0.4) is 0 Å². The predicted octanol–water partition coefficient (Wildman–Crippen LogP) is 2.04. The SMILES string of the molecule is Cc1cc(-c2cnc(NCCN3CCOCC3)nc2[C@H]2CCCO2)on1. The van der Waals surface area contributed by atoms with Crippen molar-refractivity contribution >= 4 is 5.95 Å². The van der Waals surface area contributed by atoms with Crippen LogP contribution in [-0.4, -0.2) is 66.0 Å². The number of aromatic nitrogens is 3. The van der Waals surface area contributed by atoms with Gasteiger partial charge in [-0.1, -0.05) is 5.16 Å². The van der Waals surface area contributed by atoms with E-state index in [0.29, 0.717) is 11.7 Å². The van der Waals surface area contributed by atoms with Crippen molar-refractivity contribution in [3.63, 3.8) is 0 Å². The molecule has 2 aromatic heterocycles. The Morgan fingerprint density at radius 3 is 2.88 bits per heavy atom. The lowest BCUT2D eigenvalue weighted by atomic mass is 10.1. The van der Waals surface area contributed by atoms with E-state index >= 15 is 0 Å². The summed E-state index contributed by atoms with van der Waals surface area (Å²) in [7, 11) is 0. The normalized spacial score (nSPS) is 21.2. The highest BCUT2D eigenvalue weighted by atomic mass is 16.5. The van der Waals surface area contributed by atoms with Gasteiger partial charge in [-0.25, -0.2) is 9.97 Å². The molecule has 2 fully saturated rings. The molecule has 1 N–H and O–H groups in total. The van der Waals surface area contributed by atoms with Gasteiger partial charge in [0.25, 0.3) is 0 Å². The second kappa shape index (κ2) is 8.11. The Balaban J connectivity index is 1.48. The summed E-state index contributed by atoms with van der Waals surface area (Å²) in [4.78, 5) is 11.6. The molecule has 0 spiro atoms. The van der Waals surface area contributed by atoms with Crippen molar-refractivity contribution in [2.45, 2.75) is 25.9 Å². The fourth-order valence-electron chi connectivity index (χ4n) is 3.35. The van der Waals surface area contributed by atoms with E-state index in [2.05, 4.69) is 20.4 Å². The molecular weight excluding hydrogens is 334 g/mol. The molecule has 2 aliphatic heterocycles. The van der Waals surface area contributed by atoms with E-state index in [-0.39, 0.29) is 6.10 Å². The summed E-state index contributed by atoms with van der Waals surface area (Å²) in [6.07, 6.45) is 3.80. The predicted molar refractivity (Wildman–Crippen MR) is 95.9 cm³/mol. The fraction of sp³-hybridized carbons (Fsp3) is 0.611. The number of anilines is 1. The molecule has 2 saturated heterocycles. The summed E-state index contributed by atoms with van der Waals surface area (Å²) in [6, 6.07) is 1.91. The number of rotatable bonds is 6. The molecule has 8 nitrogen and oxygen atoms in total. The Bertz CT molecular complexity index is 723. The number of nitrogens with zero attached hydrogens (tertiary/aromatic N) is 4. The summed E-state index contributed by atoms with van der Waals surface area (Å²) in [6.45, 7) is 8.00. The van der Waals surface area contributed by atoms with E-state index in [1.165, 1.54) is 0 Å². The molecule has 0 bridgehead atoms. The van der Waals surface area contributed by atoms with Crippen LogP contribution in [0.4, 0.5) is 5.95 Å². The molecule has 26 heavy (non-hydrogen) atoms. The Kier molecular flexibility index (Phi) is 5.42. The van der Waals surface area contributed by atoms with Crippen LogP contribution < -0.4 is 5.32 Å². The zero-order valence-electron chi connectivity index (χ0n) is 15.1. The molecule has 4 rings (SSSR count). The standard InChI is InChI=1S/C18H25N5O3/c1-13-11-16(26-22-13)14-12-20-18(21-17(14)15-3-2-8-25-15)19-4-5-23-6-9-24-10-7-23/h11-12,15H,2-10H2,1H3,(H,19,20,21)/t15-/m1/s1. The van der Waals surface area contributed by atoms with Crippen molar-refractivity contribution in [1.82, 2.24) is 20.0 Å². The van der Waals surface area contributed by atoms with Crippen molar-refractivity contribution in [3.8, 4) is 11.3 Å². The zero-order valence-corrected chi connectivity index (χ0v) is 15.1. The van der Waals surface area contributed by atoms with Gasteiger partial charge in [-0.05, 0) is 19.8 Å². The second-order valence-electron chi connectivity index (χ2n) is 6.71. The maximum atomic E-state index is 5.86. The summed E-state index contributed by atoms with van der Waals surface area (Å²) in [5.41, 5.74) is 2.57. The van der Waals surface area contributed by atoms with E-state index in [1.54, 1.807) is 6.20 Å². The summed E-state index contributed by atoms with van der Waals surface area (Å²) >= 11 is 0. The molecule has 2 aromatic rings. The quantitative estimate of drug-likeness (QED) is 0.839. The van der Waals surface area contributed by atoms with Gasteiger partial charge < -0.3 is 19.3 Å². The Morgan fingerprint density at radius 1 is 1.27 bits per heavy atom. The minimum atomic E-state index is -0.0156. The lowest BCUT2D eigenvalue weighted by molar-refractivity contribution is 0.0398. The number of hydrogen-bond acceptors (Lipinski definition) is 8. The molecule has 0 unspecified atom stereocenters. The van der Waals surface area contributed by atoms with Gasteiger partial charge in [0.2, 0.25) is 5.95 Å². The molecular formula is C18H25N5O3. The average molecular weight is 359 g/mol. The average Bonchev–Trinajstić information content (AvgIpc) is 3.34. The Morgan fingerprint density at radius 2 is 2.15 bits per heavy atom. The van der Waals surface area contributed by atoms with Gasteiger partial charge in [0.1, 0.15) is 6.10 Å². The third-order valence-corrected chi connectivity index (χ3v) is 4.76. The van der Waals surface area contributed by atoms with Crippen LogP contribution in [0.2, 0.25) is 0 Å². The van der Waals surface area contributed by atoms with Gasteiger partial charge in [0.05, 0.1) is 30.2 Å². The number of hydrogen-bond donors (Lipinski definition) is 1. The second-order valence-corrected chi connectivity index (χ2v) is 6.71. The molecule has 2 aliphatic rings. The number of morpholine rings is 1. The van der Waals surface area contributed by atoms with Crippen LogP contribution in [0.15, 0.2) is 16.8 Å². The third kappa shape index (κ3) is 4.03. The van der Waals surface area contributed by atoms with Crippen LogP contribution in [0.25, 0.3) is 11.3 Å². The first-order chi connectivity index (χ1) is 12.8. The summed E-state index contributed by atoms with van der Waals surface area (Å²) in [5.74, 6) is 1.32. The van der Waals surface area contributed by atoms with Gasteiger partial charge in [-0.2, -0.15) is 0 Å². The molecule has 140 valence electrons. The molecule has 0 radical (unpaired) electrons. The van der Waals surface area contributed by atoms with Crippen LogP contribution in [0.5, 0.6) is 0 Å². The Hall–Kier alpha value is -2.03. The molecule has 1 atom stereocenters. The van der Waals surface area contributed by atoms with Gasteiger partial charge in [0.15, 0.2) is 5.76 Å². The van der Waals surface area contributed by atoms with Crippen LogP contribution >= 0.6 is 0 Å². The van der Waals surface area contributed by atoms with E-state index in [9.17, 15) is 0 Å². The van der Waals surface area contributed by atoms with E-state index < -0.39 is 0 Å². The first kappa shape index (κ1) is 17.4. The van der Waals surface area contributed by atoms with Gasteiger partial charge in [0, 0.05) is 45.0 Å². The monoisotopic (exact) mass is 359 g/mol. The number of ether oxygens (including phenoxy) is 2. The minimum Gasteiger partial charge on any atom is -0.379 e. The molecule has 4 heterocycles. The third-order valence-electron chi connectivity index (χ3n) is 4.76. The highest BCUT2D eigenvalue weighted by Gasteiger charge is 2.25. The molecule has 0 amide bonds. The van der Waals surface area contributed by atoms with E-state index in [4.69, 9.17) is 19.0 Å². The smallest absolute Gasteiger partial charge is 0.223 e. The van der Waals surface area contributed by atoms with Crippen molar-refractivity contribution in [2.24, 2.45) is 0 Å². The van der Waals surface area contributed by atoms with Crippen molar-refractivity contribution in [1.29, 1.82) is 0 Å². The van der Waals surface area contributed by atoms with Gasteiger partial charge in [-0.15, -0.1) is 0 Å². The summed E-state index contributed by atoms with van der Waals surface area (Å²) < 4.78 is 16.7. The lowest BCUT2D eigenvalue weighted by Crippen LogP contribution is -2.39. The van der Waals surface area contributed by atoms with Gasteiger partial charge in [-0.3, -0.25) is 4.90 Å². The van der Waals surface area contributed by atoms with Crippen molar-refractivity contribution < 1.29 is 14.0 Å². The largest absolute Gasteiger partial charge is 0.379 e. The van der Waals surface area contributed by atoms with Crippen LogP contribution in [-0.2, 0) is 9.47 Å². The Labute approximate surface area is 152 Å². The first-order valence-corrected chi connectivity index (χ1v) is 9.26. The van der Waals surface area contributed by atoms with E-state index in [0.717, 1.165) is 75.8 Å². The van der Waals surface area contributed by atoms with E-state index in [1.807, 2.05) is 13.0 Å². The van der Waals surface area contributed by atoms with Crippen LogP contribution in [0.1, 0.15) is 30.3 Å². The number of nitrogens with one attached hydrogen (secondary N) is 1. The molecule has 8 heteroatoms. The molecule has 0 saturated carbocycles. The minimum absolute atomic E-state index is 0.0156. The maximum Gasteiger partial charge on any atom is 0.223 e. The zero-order chi connectivity index (χ0) is 17.8. The summed E-state index contributed by atoms with van der Waals surface area (Å²) in [5, 5.41) is 7.31. The topological polar surface area (TPSA) is 85.5 Å². The molecule has 0 aromatic carbocycles. The van der Waals surface area contributed by atoms with Crippen molar-refractivity contribution in [2.75, 3.05) is 51.3 Å². The fourth-order valence-corrected chi connectivity index (χ4v) is 3.35. The first-order valence-electron chi connectivity index (χ1n) is 9.26. The highest BCUT2D eigenvalue weighted by molar-refractivity contribution is 5.61. The van der Waals surface area contributed by atoms with Crippen LogP contribution in [0, 0.1) is 6.92 Å². The lowest BCUT2D eigenvalue weighted by Gasteiger charge is -2.26. The van der Waals surface area contributed by atoms with Gasteiger partial charge >= 0.3 is 0 Å². The van der Waals surface area contributed by atoms with Crippen molar-refractivity contribution in [3.05, 3.63) is 23.7 Å². The maximum absolute atomic E-state index is 5.86. The number of aryl methyl sites for hydroxylation is 1. The highest BCUT2D eigenvalue weighted by Crippen LogP contribution is 2.34.